The first-order valence-electron chi connectivity index (χ1n) is 7.56. The van der Waals surface area contributed by atoms with Gasteiger partial charge in [0.15, 0.2) is 5.13 Å². The topological polar surface area (TPSA) is 51.2 Å². The van der Waals surface area contributed by atoms with Crippen LogP contribution in [-0.4, -0.2) is 18.0 Å². The average Bonchev–Trinajstić information content (AvgIpc) is 2.95. The SMILES string of the molecule is COc1ccc(-c2nc(NC(=O)c3cccc(C)c3)sc2C)cc1. The van der Waals surface area contributed by atoms with Crippen molar-refractivity contribution < 1.29 is 9.53 Å². The Balaban J connectivity index is 1.82. The lowest BCUT2D eigenvalue weighted by atomic mass is 10.1. The van der Waals surface area contributed by atoms with Gasteiger partial charge in [-0.1, -0.05) is 17.7 Å². The maximum Gasteiger partial charge on any atom is 0.257 e. The summed E-state index contributed by atoms with van der Waals surface area (Å²) in [4.78, 5) is 18.0. The maximum atomic E-state index is 12.3. The number of ether oxygens (including phenoxy) is 1. The van der Waals surface area contributed by atoms with Gasteiger partial charge in [-0.15, -0.1) is 11.3 Å². The fourth-order valence-corrected chi connectivity index (χ4v) is 3.25. The Kier molecular flexibility index (Phi) is 4.62. The quantitative estimate of drug-likeness (QED) is 0.751. The van der Waals surface area contributed by atoms with Crippen molar-refractivity contribution in [3.05, 3.63) is 64.5 Å². The lowest BCUT2D eigenvalue weighted by molar-refractivity contribution is 0.102. The first-order chi connectivity index (χ1) is 11.6. The molecule has 0 aliphatic carbocycles. The number of anilines is 1. The third kappa shape index (κ3) is 3.46. The summed E-state index contributed by atoms with van der Waals surface area (Å²) in [5.74, 6) is 0.660. The van der Waals surface area contributed by atoms with Crippen molar-refractivity contribution in [1.82, 2.24) is 4.98 Å². The number of thiazole rings is 1. The Bertz CT molecular complexity index is 869. The molecule has 0 spiro atoms. The van der Waals surface area contributed by atoms with Crippen molar-refractivity contribution in [1.29, 1.82) is 0 Å². The molecule has 0 fully saturated rings. The standard InChI is InChI=1S/C19H18N2O2S/c1-12-5-4-6-15(11-12)18(22)21-19-20-17(13(2)24-19)14-7-9-16(23-3)10-8-14/h4-11H,1-3H3,(H,20,21,22). The highest BCUT2D eigenvalue weighted by molar-refractivity contribution is 7.16. The Hall–Kier alpha value is -2.66. The highest BCUT2D eigenvalue weighted by Crippen LogP contribution is 2.31. The normalized spacial score (nSPS) is 10.5. The molecule has 1 heterocycles. The van der Waals surface area contributed by atoms with E-state index >= 15 is 0 Å². The second kappa shape index (κ2) is 6.84. The number of aromatic nitrogens is 1. The van der Waals surface area contributed by atoms with Crippen LogP contribution < -0.4 is 10.1 Å². The van der Waals surface area contributed by atoms with Crippen LogP contribution in [0.15, 0.2) is 48.5 Å². The molecule has 24 heavy (non-hydrogen) atoms. The minimum atomic E-state index is -0.145. The van der Waals surface area contributed by atoms with E-state index in [1.54, 1.807) is 13.2 Å². The van der Waals surface area contributed by atoms with Crippen molar-refractivity contribution in [3.63, 3.8) is 0 Å². The molecule has 0 radical (unpaired) electrons. The summed E-state index contributed by atoms with van der Waals surface area (Å²) < 4.78 is 5.18. The molecule has 1 amide bonds. The molecule has 3 aromatic rings. The molecule has 0 atom stereocenters. The summed E-state index contributed by atoms with van der Waals surface area (Å²) in [5.41, 5.74) is 3.56. The van der Waals surface area contributed by atoms with Crippen LogP contribution in [-0.2, 0) is 0 Å². The fourth-order valence-electron chi connectivity index (χ4n) is 2.42. The summed E-state index contributed by atoms with van der Waals surface area (Å²) in [6.07, 6.45) is 0. The molecular weight excluding hydrogens is 320 g/mol. The molecule has 3 rings (SSSR count). The van der Waals surface area contributed by atoms with Gasteiger partial charge < -0.3 is 4.74 Å². The van der Waals surface area contributed by atoms with Gasteiger partial charge in [0, 0.05) is 16.0 Å². The Morgan fingerprint density at radius 1 is 1.12 bits per heavy atom. The first-order valence-corrected chi connectivity index (χ1v) is 8.38. The number of hydrogen-bond acceptors (Lipinski definition) is 4. The summed E-state index contributed by atoms with van der Waals surface area (Å²) in [6.45, 7) is 3.96. The molecule has 1 aromatic heterocycles. The fraction of sp³-hybridized carbons (Fsp3) is 0.158. The Morgan fingerprint density at radius 3 is 2.54 bits per heavy atom. The lowest BCUT2D eigenvalue weighted by Crippen LogP contribution is -2.11. The monoisotopic (exact) mass is 338 g/mol. The van der Waals surface area contributed by atoms with Crippen molar-refractivity contribution in [2.24, 2.45) is 0 Å². The number of amides is 1. The maximum absolute atomic E-state index is 12.3. The van der Waals surface area contributed by atoms with Gasteiger partial charge in [-0.2, -0.15) is 0 Å². The van der Waals surface area contributed by atoms with Crippen molar-refractivity contribution >= 4 is 22.4 Å². The molecule has 0 unspecified atom stereocenters. The number of nitrogens with one attached hydrogen (secondary N) is 1. The third-order valence-corrected chi connectivity index (χ3v) is 4.55. The highest BCUT2D eigenvalue weighted by Gasteiger charge is 2.13. The largest absolute Gasteiger partial charge is 0.497 e. The van der Waals surface area contributed by atoms with E-state index in [0.29, 0.717) is 10.7 Å². The van der Waals surface area contributed by atoms with Gasteiger partial charge in [0.1, 0.15) is 5.75 Å². The molecule has 0 saturated carbocycles. The van der Waals surface area contributed by atoms with E-state index in [9.17, 15) is 4.79 Å². The number of hydrogen-bond donors (Lipinski definition) is 1. The Labute approximate surface area is 145 Å². The zero-order valence-electron chi connectivity index (χ0n) is 13.8. The molecule has 122 valence electrons. The molecule has 5 heteroatoms. The van der Waals surface area contributed by atoms with Crippen LogP contribution in [0.1, 0.15) is 20.8 Å². The van der Waals surface area contributed by atoms with Gasteiger partial charge >= 0.3 is 0 Å². The number of carbonyl (C=O) groups is 1. The molecule has 4 nitrogen and oxygen atoms in total. The lowest BCUT2D eigenvalue weighted by Gasteiger charge is -2.03. The highest BCUT2D eigenvalue weighted by atomic mass is 32.1. The van der Waals surface area contributed by atoms with Crippen LogP contribution in [0.3, 0.4) is 0 Å². The number of rotatable bonds is 4. The van der Waals surface area contributed by atoms with Crippen LogP contribution in [0.2, 0.25) is 0 Å². The van der Waals surface area contributed by atoms with Gasteiger partial charge in [0.2, 0.25) is 0 Å². The minimum Gasteiger partial charge on any atom is -0.497 e. The van der Waals surface area contributed by atoms with E-state index in [1.807, 2.05) is 56.3 Å². The number of aryl methyl sites for hydroxylation is 2. The predicted octanol–water partition coefficient (Wildman–Crippen LogP) is 4.69. The van der Waals surface area contributed by atoms with E-state index in [4.69, 9.17) is 4.74 Å². The van der Waals surface area contributed by atoms with E-state index in [-0.39, 0.29) is 5.91 Å². The first kappa shape index (κ1) is 16.2. The molecular formula is C19H18N2O2S. The average molecular weight is 338 g/mol. The predicted molar refractivity (Wildman–Crippen MR) is 98.0 cm³/mol. The summed E-state index contributed by atoms with van der Waals surface area (Å²) >= 11 is 1.47. The van der Waals surface area contributed by atoms with Crippen LogP contribution in [0.5, 0.6) is 5.75 Å². The van der Waals surface area contributed by atoms with Gasteiger partial charge in [0.25, 0.3) is 5.91 Å². The van der Waals surface area contributed by atoms with E-state index in [0.717, 1.165) is 27.4 Å². The third-order valence-electron chi connectivity index (χ3n) is 3.66. The molecule has 0 aliphatic heterocycles. The van der Waals surface area contributed by atoms with E-state index in [1.165, 1.54) is 11.3 Å². The van der Waals surface area contributed by atoms with Crippen LogP contribution in [0, 0.1) is 13.8 Å². The van der Waals surface area contributed by atoms with Crippen LogP contribution >= 0.6 is 11.3 Å². The summed E-state index contributed by atoms with van der Waals surface area (Å²) in [7, 11) is 1.64. The second-order valence-electron chi connectivity index (χ2n) is 5.48. The van der Waals surface area contributed by atoms with Crippen LogP contribution in [0.25, 0.3) is 11.3 Å². The molecule has 2 aromatic carbocycles. The van der Waals surface area contributed by atoms with Crippen LogP contribution in [0.4, 0.5) is 5.13 Å². The number of methoxy groups -OCH3 is 1. The second-order valence-corrected chi connectivity index (χ2v) is 6.68. The van der Waals surface area contributed by atoms with Gasteiger partial charge in [-0.25, -0.2) is 4.98 Å². The van der Waals surface area contributed by atoms with Gasteiger partial charge in [0.05, 0.1) is 12.8 Å². The van der Waals surface area contributed by atoms with Gasteiger partial charge in [-0.3, -0.25) is 10.1 Å². The van der Waals surface area contributed by atoms with Crippen molar-refractivity contribution in [3.8, 4) is 17.0 Å². The zero-order valence-corrected chi connectivity index (χ0v) is 14.6. The number of nitrogens with zero attached hydrogens (tertiary/aromatic N) is 1. The molecule has 0 aliphatic rings. The molecule has 0 bridgehead atoms. The van der Waals surface area contributed by atoms with Crippen molar-refractivity contribution in [2.75, 3.05) is 12.4 Å². The number of carbonyl (C=O) groups excluding carboxylic acids is 1. The summed E-state index contributed by atoms with van der Waals surface area (Å²) in [5, 5.41) is 3.48. The van der Waals surface area contributed by atoms with Crippen molar-refractivity contribution in [2.45, 2.75) is 13.8 Å². The van der Waals surface area contributed by atoms with E-state index in [2.05, 4.69) is 10.3 Å². The van der Waals surface area contributed by atoms with Gasteiger partial charge in [-0.05, 0) is 50.2 Å². The number of benzene rings is 2. The zero-order chi connectivity index (χ0) is 17.1. The molecule has 0 saturated heterocycles. The summed E-state index contributed by atoms with van der Waals surface area (Å²) in [6, 6.07) is 15.2. The smallest absolute Gasteiger partial charge is 0.257 e. The Morgan fingerprint density at radius 2 is 1.88 bits per heavy atom. The van der Waals surface area contributed by atoms with E-state index < -0.39 is 0 Å². The minimum absolute atomic E-state index is 0.145. The molecule has 1 N–H and O–H groups in total.